The van der Waals surface area contributed by atoms with Crippen molar-refractivity contribution >= 4 is 27.1 Å². The summed E-state index contributed by atoms with van der Waals surface area (Å²) < 4.78 is 25.9. The third kappa shape index (κ3) is 2.99. The summed E-state index contributed by atoms with van der Waals surface area (Å²) in [6, 6.07) is 1.99. The first-order chi connectivity index (χ1) is 9.94. The van der Waals surface area contributed by atoms with E-state index in [2.05, 4.69) is 19.6 Å². The highest BCUT2D eigenvalue weighted by Gasteiger charge is 2.28. The van der Waals surface area contributed by atoms with Gasteiger partial charge in [0.05, 0.1) is 12.0 Å². The van der Waals surface area contributed by atoms with E-state index in [9.17, 15) is 8.42 Å². The molecule has 0 unspecified atom stereocenters. The van der Waals surface area contributed by atoms with E-state index >= 15 is 0 Å². The number of hydrogen-bond donors (Lipinski definition) is 2. The van der Waals surface area contributed by atoms with E-state index in [1.807, 2.05) is 17.7 Å². The van der Waals surface area contributed by atoms with Crippen molar-refractivity contribution in [1.29, 1.82) is 0 Å². The predicted molar refractivity (Wildman–Crippen MR) is 79.9 cm³/mol. The normalized spacial score (nSPS) is 16.4. The number of aryl methyl sites for hydroxylation is 1. The number of aromatic nitrogens is 3. The number of nitrogens with zero attached hydrogens (tertiary/aromatic N) is 4. The fourth-order valence-electron chi connectivity index (χ4n) is 2.67. The molecule has 0 aromatic carbocycles. The van der Waals surface area contributed by atoms with Crippen molar-refractivity contribution in [1.82, 2.24) is 19.3 Å². The van der Waals surface area contributed by atoms with Crippen LogP contribution in [-0.2, 0) is 17.3 Å². The van der Waals surface area contributed by atoms with Crippen LogP contribution in [0.4, 0.5) is 5.69 Å². The van der Waals surface area contributed by atoms with Crippen molar-refractivity contribution in [2.45, 2.75) is 6.42 Å². The highest BCUT2D eigenvalue weighted by molar-refractivity contribution is 7.87. The second kappa shape index (κ2) is 5.24. The molecule has 3 heterocycles. The summed E-state index contributed by atoms with van der Waals surface area (Å²) in [5, 5.41) is 4.90. The van der Waals surface area contributed by atoms with Gasteiger partial charge in [-0.05, 0) is 18.4 Å². The summed E-state index contributed by atoms with van der Waals surface area (Å²) in [5.74, 6) is 0.468. The Balaban J connectivity index is 1.62. The van der Waals surface area contributed by atoms with Gasteiger partial charge in [-0.15, -0.1) is 0 Å². The van der Waals surface area contributed by atoms with Crippen molar-refractivity contribution in [3.63, 3.8) is 0 Å². The van der Waals surface area contributed by atoms with Crippen LogP contribution in [0.25, 0.3) is 11.2 Å². The summed E-state index contributed by atoms with van der Waals surface area (Å²) >= 11 is 0. The molecule has 1 fully saturated rings. The van der Waals surface area contributed by atoms with Crippen LogP contribution in [0.15, 0.2) is 18.6 Å². The van der Waals surface area contributed by atoms with Gasteiger partial charge in [0, 0.05) is 32.9 Å². The fourth-order valence-corrected chi connectivity index (χ4v) is 3.08. The zero-order chi connectivity index (χ0) is 15.0. The van der Waals surface area contributed by atoms with Gasteiger partial charge >= 0.3 is 0 Å². The van der Waals surface area contributed by atoms with E-state index in [1.54, 1.807) is 12.5 Å². The maximum atomic E-state index is 10.8. The lowest BCUT2D eigenvalue weighted by Gasteiger charge is -2.41. The maximum Gasteiger partial charge on any atom is 0.274 e. The van der Waals surface area contributed by atoms with Gasteiger partial charge in [0.2, 0.25) is 0 Å². The van der Waals surface area contributed by atoms with E-state index in [4.69, 9.17) is 5.14 Å². The van der Waals surface area contributed by atoms with Gasteiger partial charge in [-0.3, -0.25) is 0 Å². The van der Waals surface area contributed by atoms with Crippen LogP contribution >= 0.6 is 0 Å². The van der Waals surface area contributed by atoms with Crippen LogP contribution in [0, 0.1) is 5.92 Å². The summed E-state index contributed by atoms with van der Waals surface area (Å²) in [5.41, 5.74) is 2.89. The second-order valence-corrected chi connectivity index (χ2v) is 6.74. The molecule has 2 aromatic rings. The van der Waals surface area contributed by atoms with Crippen LogP contribution in [0.3, 0.4) is 0 Å². The zero-order valence-electron chi connectivity index (χ0n) is 11.7. The van der Waals surface area contributed by atoms with Gasteiger partial charge in [-0.25, -0.2) is 19.8 Å². The Labute approximate surface area is 123 Å². The Morgan fingerprint density at radius 2 is 2.19 bits per heavy atom. The summed E-state index contributed by atoms with van der Waals surface area (Å²) in [6.07, 6.45) is 4.31. The minimum Gasteiger partial charge on any atom is -0.369 e. The Kier molecular flexibility index (Phi) is 3.56. The lowest BCUT2D eigenvalue weighted by Crippen LogP contribution is -2.48. The molecule has 0 radical (unpaired) electrons. The smallest absolute Gasteiger partial charge is 0.274 e. The van der Waals surface area contributed by atoms with E-state index in [-0.39, 0.29) is 0 Å². The van der Waals surface area contributed by atoms with Crippen LogP contribution in [0.5, 0.6) is 0 Å². The lowest BCUT2D eigenvalue weighted by atomic mass is 9.95. The Hall–Kier alpha value is -1.71. The molecule has 1 aliphatic heterocycles. The van der Waals surface area contributed by atoms with Crippen LogP contribution < -0.4 is 14.8 Å². The molecule has 0 atom stereocenters. The summed E-state index contributed by atoms with van der Waals surface area (Å²) in [7, 11) is -1.63. The molecule has 9 heteroatoms. The molecular formula is C12H18N6O2S. The molecule has 8 nitrogen and oxygen atoms in total. The fraction of sp³-hybridized carbons (Fsp3) is 0.500. The number of rotatable bonds is 5. The van der Waals surface area contributed by atoms with Gasteiger partial charge in [-0.2, -0.15) is 8.42 Å². The number of imidazole rings is 1. The first-order valence-corrected chi connectivity index (χ1v) is 8.27. The zero-order valence-corrected chi connectivity index (χ0v) is 12.5. The quantitative estimate of drug-likeness (QED) is 0.781. The predicted octanol–water partition coefficient (Wildman–Crippen LogP) is -0.412. The number of pyridine rings is 1. The molecule has 2 aromatic heterocycles. The largest absolute Gasteiger partial charge is 0.369 e. The molecule has 0 spiro atoms. The molecule has 0 saturated carbocycles. The minimum atomic E-state index is -3.58. The molecule has 1 aliphatic rings. The molecule has 0 amide bonds. The molecular weight excluding hydrogens is 292 g/mol. The van der Waals surface area contributed by atoms with Crippen LogP contribution in [0.1, 0.15) is 6.42 Å². The molecule has 0 bridgehead atoms. The highest BCUT2D eigenvalue weighted by atomic mass is 32.2. The molecule has 114 valence electrons. The minimum absolute atomic E-state index is 0.384. The number of nitrogens with one attached hydrogen (secondary N) is 1. The van der Waals surface area contributed by atoms with Gasteiger partial charge < -0.3 is 9.47 Å². The lowest BCUT2D eigenvalue weighted by molar-refractivity contribution is 0.384. The Morgan fingerprint density at radius 3 is 2.90 bits per heavy atom. The van der Waals surface area contributed by atoms with Crippen molar-refractivity contribution < 1.29 is 8.42 Å². The van der Waals surface area contributed by atoms with Crippen LogP contribution in [-0.4, -0.2) is 42.6 Å². The van der Waals surface area contributed by atoms with Crippen molar-refractivity contribution in [2.75, 3.05) is 24.5 Å². The van der Waals surface area contributed by atoms with Gasteiger partial charge in [0.15, 0.2) is 5.65 Å². The monoisotopic (exact) mass is 310 g/mol. The molecule has 3 rings (SSSR count). The Bertz CT molecular complexity index is 750. The Morgan fingerprint density at radius 1 is 1.43 bits per heavy atom. The van der Waals surface area contributed by atoms with Gasteiger partial charge in [0.1, 0.15) is 5.52 Å². The number of anilines is 1. The van der Waals surface area contributed by atoms with Crippen molar-refractivity contribution in [3.05, 3.63) is 18.6 Å². The topological polar surface area (TPSA) is 106 Å². The number of fused-ring (bicyclic) bond motifs is 1. The van der Waals surface area contributed by atoms with E-state index in [1.165, 1.54) is 0 Å². The molecule has 1 saturated heterocycles. The van der Waals surface area contributed by atoms with Crippen molar-refractivity contribution in [3.8, 4) is 0 Å². The third-order valence-corrected chi connectivity index (χ3v) is 4.35. The average molecular weight is 310 g/mol. The number of hydrogen-bond acceptors (Lipinski definition) is 5. The molecule has 0 aliphatic carbocycles. The first-order valence-electron chi connectivity index (χ1n) is 6.72. The standard InChI is InChI=1S/C12H18N6O2S/c1-17-8-15-12-11(17)10(3-4-14-12)18-6-9(7-18)2-5-16-21(13,19)20/h3-4,8-9,16H,2,5-7H2,1H3,(H2,13,19,20). The average Bonchev–Trinajstić information content (AvgIpc) is 2.73. The van der Waals surface area contributed by atoms with E-state index in [0.717, 1.165) is 36.4 Å². The first kappa shape index (κ1) is 14.2. The van der Waals surface area contributed by atoms with Crippen LogP contribution in [0.2, 0.25) is 0 Å². The number of nitrogens with two attached hydrogens (primary N) is 1. The highest BCUT2D eigenvalue weighted by Crippen LogP contribution is 2.31. The maximum absolute atomic E-state index is 10.8. The van der Waals surface area contributed by atoms with Crippen molar-refractivity contribution in [2.24, 2.45) is 18.1 Å². The van der Waals surface area contributed by atoms with E-state index < -0.39 is 10.2 Å². The SMILES string of the molecule is Cn1cnc2nccc(N3CC(CCNS(N)(=O)=O)C3)c21. The van der Waals surface area contributed by atoms with Gasteiger partial charge in [0.25, 0.3) is 10.2 Å². The molecule has 3 N–H and O–H groups in total. The summed E-state index contributed by atoms with van der Waals surface area (Å²) in [6.45, 7) is 2.18. The molecule has 21 heavy (non-hydrogen) atoms. The third-order valence-electron chi connectivity index (χ3n) is 3.74. The van der Waals surface area contributed by atoms with E-state index in [0.29, 0.717) is 12.5 Å². The second-order valence-electron chi connectivity index (χ2n) is 5.36. The van der Waals surface area contributed by atoms with Gasteiger partial charge in [-0.1, -0.05) is 0 Å². The summed E-state index contributed by atoms with van der Waals surface area (Å²) in [4.78, 5) is 10.8.